The van der Waals surface area contributed by atoms with Gasteiger partial charge in [-0.05, 0) is 55.8 Å². The SMILES string of the molecule is CCOC(=O)C(Cc1ccc(OCc2cc3ccccc3o2)cc1)OS(=O)(=O)c1ccc(C)cc1. The fourth-order valence-corrected chi connectivity index (χ4v) is 4.54. The molecule has 0 saturated carbocycles. The van der Waals surface area contributed by atoms with E-state index in [1.165, 1.54) is 12.1 Å². The second-order valence-corrected chi connectivity index (χ2v) is 9.56. The monoisotopic (exact) mass is 494 g/mol. The molecule has 4 rings (SSSR count). The molecule has 1 aromatic heterocycles. The molecule has 0 spiro atoms. The number of carbonyl (C=O) groups excluding carboxylic acids is 1. The molecule has 0 fully saturated rings. The molecule has 0 N–H and O–H groups in total. The summed E-state index contributed by atoms with van der Waals surface area (Å²) in [6, 6.07) is 22.9. The number of carbonyl (C=O) groups is 1. The number of hydrogen-bond acceptors (Lipinski definition) is 7. The third-order valence-corrected chi connectivity index (χ3v) is 6.64. The van der Waals surface area contributed by atoms with Crippen LogP contribution in [0.2, 0.25) is 0 Å². The summed E-state index contributed by atoms with van der Waals surface area (Å²) in [5.74, 6) is 0.566. The normalized spacial score (nSPS) is 12.4. The van der Waals surface area contributed by atoms with E-state index >= 15 is 0 Å². The lowest BCUT2D eigenvalue weighted by molar-refractivity contribution is -0.151. The number of hydrogen-bond donors (Lipinski definition) is 0. The first-order chi connectivity index (χ1) is 16.8. The number of fused-ring (bicyclic) bond motifs is 1. The van der Waals surface area contributed by atoms with Gasteiger partial charge in [0.15, 0.2) is 6.10 Å². The van der Waals surface area contributed by atoms with Crippen LogP contribution in [-0.4, -0.2) is 27.1 Å². The predicted molar refractivity (Wildman–Crippen MR) is 131 cm³/mol. The summed E-state index contributed by atoms with van der Waals surface area (Å²) < 4.78 is 47.4. The van der Waals surface area contributed by atoms with Crippen molar-refractivity contribution in [3.63, 3.8) is 0 Å². The summed E-state index contributed by atoms with van der Waals surface area (Å²) in [6.45, 7) is 3.87. The van der Waals surface area contributed by atoms with Crippen molar-refractivity contribution in [3.8, 4) is 5.75 Å². The Morgan fingerprint density at radius 3 is 2.37 bits per heavy atom. The zero-order chi connectivity index (χ0) is 24.8. The van der Waals surface area contributed by atoms with Crippen LogP contribution in [0.5, 0.6) is 5.75 Å². The van der Waals surface area contributed by atoms with Gasteiger partial charge in [-0.15, -0.1) is 0 Å². The highest BCUT2D eigenvalue weighted by Gasteiger charge is 2.29. The van der Waals surface area contributed by atoms with Gasteiger partial charge in [0.05, 0.1) is 11.5 Å². The minimum atomic E-state index is -4.15. The van der Waals surface area contributed by atoms with Crippen LogP contribution in [0.3, 0.4) is 0 Å². The van der Waals surface area contributed by atoms with Crippen LogP contribution < -0.4 is 4.74 Å². The third-order valence-electron chi connectivity index (χ3n) is 5.30. The van der Waals surface area contributed by atoms with Crippen LogP contribution in [0.4, 0.5) is 0 Å². The van der Waals surface area contributed by atoms with E-state index in [0.29, 0.717) is 17.1 Å². The van der Waals surface area contributed by atoms with Gasteiger partial charge in [-0.2, -0.15) is 8.42 Å². The van der Waals surface area contributed by atoms with Gasteiger partial charge >= 0.3 is 5.97 Å². The van der Waals surface area contributed by atoms with Crippen molar-refractivity contribution < 1.29 is 31.3 Å². The van der Waals surface area contributed by atoms with Crippen molar-refractivity contribution >= 4 is 27.1 Å². The second-order valence-electron chi connectivity index (χ2n) is 7.99. The average molecular weight is 495 g/mol. The quantitative estimate of drug-likeness (QED) is 0.221. The Morgan fingerprint density at radius 2 is 1.69 bits per heavy atom. The van der Waals surface area contributed by atoms with Gasteiger partial charge in [-0.25, -0.2) is 4.79 Å². The van der Waals surface area contributed by atoms with Crippen molar-refractivity contribution in [2.75, 3.05) is 6.61 Å². The maximum atomic E-state index is 12.7. The Morgan fingerprint density at radius 1 is 0.971 bits per heavy atom. The molecule has 35 heavy (non-hydrogen) atoms. The Bertz CT molecular complexity index is 1350. The van der Waals surface area contributed by atoms with Crippen LogP contribution in [0.15, 0.2) is 88.2 Å². The number of benzene rings is 3. The lowest BCUT2D eigenvalue weighted by Gasteiger charge is -2.17. The van der Waals surface area contributed by atoms with E-state index in [4.69, 9.17) is 18.1 Å². The van der Waals surface area contributed by atoms with E-state index in [1.807, 2.05) is 37.3 Å². The maximum absolute atomic E-state index is 12.7. The number of ether oxygens (including phenoxy) is 2. The highest BCUT2D eigenvalue weighted by molar-refractivity contribution is 7.86. The second kappa shape index (κ2) is 10.8. The molecule has 1 atom stereocenters. The van der Waals surface area contributed by atoms with Crippen LogP contribution in [-0.2, 0) is 36.9 Å². The third kappa shape index (κ3) is 6.29. The average Bonchev–Trinajstić information content (AvgIpc) is 3.26. The molecule has 182 valence electrons. The fourth-order valence-electron chi connectivity index (χ4n) is 3.50. The van der Waals surface area contributed by atoms with Crippen molar-refractivity contribution in [1.29, 1.82) is 0 Å². The molecule has 3 aromatic carbocycles. The first-order valence-corrected chi connectivity index (χ1v) is 12.6. The zero-order valence-electron chi connectivity index (χ0n) is 19.5. The van der Waals surface area contributed by atoms with Gasteiger partial charge in [-0.1, -0.05) is 48.0 Å². The molecule has 0 saturated heterocycles. The summed E-state index contributed by atoms with van der Waals surface area (Å²) in [4.78, 5) is 12.4. The van der Waals surface area contributed by atoms with Crippen LogP contribution in [0.25, 0.3) is 11.0 Å². The smallest absolute Gasteiger partial charge is 0.337 e. The summed E-state index contributed by atoms with van der Waals surface area (Å²) in [5, 5.41) is 1.01. The number of aryl methyl sites for hydroxylation is 1. The van der Waals surface area contributed by atoms with E-state index in [-0.39, 0.29) is 24.5 Å². The van der Waals surface area contributed by atoms with Crippen LogP contribution in [0.1, 0.15) is 23.8 Å². The van der Waals surface area contributed by atoms with Gasteiger partial charge in [0.2, 0.25) is 0 Å². The van der Waals surface area contributed by atoms with Gasteiger partial charge in [0.25, 0.3) is 10.1 Å². The molecule has 0 aliphatic rings. The fraction of sp³-hybridized carbons (Fsp3) is 0.222. The van der Waals surface area contributed by atoms with Gasteiger partial charge in [0.1, 0.15) is 23.7 Å². The molecule has 0 amide bonds. The first-order valence-electron chi connectivity index (χ1n) is 11.2. The molecule has 1 unspecified atom stereocenters. The number of para-hydroxylation sites is 1. The predicted octanol–water partition coefficient (Wildman–Crippen LogP) is 5.20. The molecule has 8 heteroatoms. The van der Waals surface area contributed by atoms with Crippen LogP contribution >= 0.6 is 0 Å². The lowest BCUT2D eigenvalue weighted by atomic mass is 10.1. The maximum Gasteiger partial charge on any atom is 0.337 e. The minimum absolute atomic E-state index is 0.0215. The number of rotatable bonds is 10. The van der Waals surface area contributed by atoms with Gasteiger partial charge in [0, 0.05) is 11.8 Å². The molecule has 0 bridgehead atoms. The molecule has 1 heterocycles. The van der Waals surface area contributed by atoms with Crippen molar-refractivity contribution in [2.24, 2.45) is 0 Å². The largest absolute Gasteiger partial charge is 0.486 e. The van der Waals surface area contributed by atoms with E-state index in [0.717, 1.165) is 16.5 Å². The Balaban J connectivity index is 1.42. The number of esters is 1. The zero-order valence-corrected chi connectivity index (χ0v) is 20.3. The molecule has 0 aliphatic carbocycles. The molecular weight excluding hydrogens is 468 g/mol. The van der Waals surface area contributed by atoms with E-state index in [9.17, 15) is 13.2 Å². The van der Waals surface area contributed by atoms with Gasteiger partial charge in [-0.3, -0.25) is 4.18 Å². The highest BCUT2D eigenvalue weighted by atomic mass is 32.2. The standard InChI is InChI=1S/C27H26O7S/c1-3-31-27(28)26(34-35(29,30)24-14-8-19(2)9-15-24)16-20-10-12-22(13-11-20)32-18-23-17-21-6-4-5-7-25(21)33-23/h4-15,17,26H,3,16,18H2,1-2H3. The van der Waals surface area contributed by atoms with Crippen LogP contribution in [0, 0.1) is 6.92 Å². The molecular formula is C27H26O7S. The van der Waals surface area contributed by atoms with Crippen molar-refractivity contribution in [3.05, 3.63) is 95.7 Å². The van der Waals surface area contributed by atoms with E-state index < -0.39 is 22.2 Å². The first kappa shape index (κ1) is 24.5. The van der Waals surface area contributed by atoms with Gasteiger partial charge < -0.3 is 13.9 Å². The van der Waals surface area contributed by atoms with Crippen molar-refractivity contribution in [2.45, 2.75) is 37.9 Å². The van der Waals surface area contributed by atoms with Crippen molar-refractivity contribution in [1.82, 2.24) is 0 Å². The summed E-state index contributed by atoms with van der Waals surface area (Å²) in [5.41, 5.74) is 2.40. The van der Waals surface area contributed by atoms with E-state index in [2.05, 4.69) is 0 Å². The molecule has 0 aliphatic heterocycles. The summed E-state index contributed by atoms with van der Waals surface area (Å²) in [6.07, 6.45) is -1.29. The Labute approximate surface area is 204 Å². The summed E-state index contributed by atoms with van der Waals surface area (Å²) >= 11 is 0. The Hall–Kier alpha value is -3.62. The molecule has 4 aromatic rings. The Kier molecular flexibility index (Phi) is 7.53. The van der Waals surface area contributed by atoms with E-state index in [1.54, 1.807) is 43.3 Å². The molecule has 7 nitrogen and oxygen atoms in total. The number of furan rings is 1. The molecule has 0 radical (unpaired) electrons. The highest BCUT2D eigenvalue weighted by Crippen LogP contribution is 2.22. The lowest BCUT2D eigenvalue weighted by Crippen LogP contribution is -2.31. The topological polar surface area (TPSA) is 92.0 Å². The summed E-state index contributed by atoms with van der Waals surface area (Å²) in [7, 11) is -4.15. The minimum Gasteiger partial charge on any atom is -0.486 e.